The lowest BCUT2D eigenvalue weighted by Gasteiger charge is -2.28. The quantitative estimate of drug-likeness (QED) is 0.865. The Morgan fingerprint density at radius 1 is 1.18 bits per heavy atom. The van der Waals surface area contributed by atoms with Crippen molar-refractivity contribution in [3.05, 3.63) is 23.8 Å². The highest BCUT2D eigenvalue weighted by Gasteiger charge is 2.26. The molecule has 3 rings (SSSR count). The number of fused-ring (bicyclic) bond motifs is 1. The second-order valence-corrected chi connectivity index (χ2v) is 5.93. The number of carbonyl (C=O) groups is 1. The Balaban J connectivity index is 1.48. The molecule has 1 N–H and O–H groups in total. The number of rotatable bonds is 4. The summed E-state index contributed by atoms with van der Waals surface area (Å²) in [6.07, 6.45) is 3.85. The predicted molar refractivity (Wildman–Crippen MR) is 82.0 cm³/mol. The monoisotopic (exact) mass is 305 g/mol. The van der Waals surface area contributed by atoms with E-state index in [1.54, 1.807) is 0 Å². The minimum Gasteiger partial charge on any atom is -0.486 e. The summed E-state index contributed by atoms with van der Waals surface area (Å²) in [6, 6.07) is 6.55. The van der Waals surface area contributed by atoms with Gasteiger partial charge in [-0.25, -0.2) is 0 Å². The molecule has 5 nitrogen and oxygen atoms in total. The van der Waals surface area contributed by atoms with Gasteiger partial charge in [-0.05, 0) is 43.4 Å². The standard InChI is InChI=1S/C17H23NO4/c1-20-17(19)13-3-5-14(6-4-13)18-11-12-2-7-15-16(10-12)22-9-8-21-15/h2,7,10,13-14,18H,3-6,8-9,11H2,1H3. The lowest BCUT2D eigenvalue weighted by atomic mass is 9.86. The third-order valence-electron chi connectivity index (χ3n) is 4.46. The van der Waals surface area contributed by atoms with Crippen molar-refractivity contribution in [2.24, 2.45) is 5.92 Å². The van der Waals surface area contributed by atoms with Crippen LogP contribution in [0.1, 0.15) is 31.2 Å². The van der Waals surface area contributed by atoms with Crippen LogP contribution in [0.25, 0.3) is 0 Å². The molecule has 0 spiro atoms. The van der Waals surface area contributed by atoms with Gasteiger partial charge in [0.15, 0.2) is 11.5 Å². The molecule has 1 saturated carbocycles. The number of methoxy groups -OCH3 is 1. The van der Waals surface area contributed by atoms with E-state index in [-0.39, 0.29) is 11.9 Å². The summed E-state index contributed by atoms with van der Waals surface area (Å²) in [5.41, 5.74) is 1.19. The average Bonchev–Trinajstić information content (AvgIpc) is 2.59. The van der Waals surface area contributed by atoms with Crippen molar-refractivity contribution in [3.63, 3.8) is 0 Å². The predicted octanol–water partition coefficient (Wildman–Crippen LogP) is 2.28. The van der Waals surface area contributed by atoms with Crippen LogP contribution in [0, 0.1) is 5.92 Å². The number of nitrogens with one attached hydrogen (secondary N) is 1. The Bertz CT molecular complexity index is 523. The van der Waals surface area contributed by atoms with Crippen molar-refractivity contribution >= 4 is 5.97 Å². The van der Waals surface area contributed by atoms with Crippen LogP contribution in [-0.2, 0) is 16.1 Å². The Morgan fingerprint density at radius 2 is 1.91 bits per heavy atom. The van der Waals surface area contributed by atoms with Crippen LogP contribution in [0.3, 0.4) is 0 Å². The molecule has 5 heteroatoms. The van der Waals surface area contributed by atoms with Gasteiger partial charge in [0.25, 0.3) is 0 Å². The fourth-order valence-electron chi connectivity index (χ4n) is 3.16. The van der Waals surface area contributed by atoms with Gasteiger partial charge in [-0.3, -0.25) is 4.79 Å². The van der Waals surface area contributed by atoms with Crippen molar-refractivity contribution in [1.82, 2.24) is 5.32 Å². The second-order valence-electron chi connectivity index (χ2n) is 5.93. The van der Waals surface area contributed by atoms with E-state index in [4.69, 9.17) is 14.2 Å². The largest absolute Gasteiger partial charge is 0.486 e. The van der Waals surface area contributed by atoms with Crippen LogP contribution in [0.2, 0.25) is 0 Å². The third kappa shape index (κ3) is 3.53. The van der Waals surface area contributed by atoms with Crippen LogP contribution in [0.15, 0.2) is 18.2 Å². The molecule has 1 heterocycles. The number of benzene rings is 1. The van der Waals surface area contributed by atoms with E-state index in [1.165, 1.54) is 12.7 Å². The fourth-order valence-corrected chi connectivity index (χ4v) is 3.16. The van der Waals surface area contributed by atoms with E-state index in [1.807, 2.05) is 12.1 Å². The van der Waals surface area contributed by atoms with Gasteiger partial charge in [-0.15, -0.1) is 0 Å². The van der Waals surface area contributed by atoms with Crippen molar-refractivity contribution in [2.45, 2.75) is 38.3 Å². The minimum absolute atomic E-state index is 0.0645. The first kappa shape index (κ1) is 15.2. The van der Waals surface area contributed by atoms with Gasteiger partial charge in [0.1, 0.15) is 13.2 Å². The molecule has 0 bridgehead atoms. The lowest BCUT2D eigenvalue weighted by molar-refractivity contribution is -0.146. The summed E-state index contributed by atoms with van der Waals surface area (Å²) in [5.74, 6) is 1.68. The molecule has 1 aromatic rings. The molecule has 1 aliphatic carbocycles. The van der Waals surface area contributed by atoms with Gasteiger partial charge in [0.05, 0.1) is 13.0 Å². The van der Waals surface area contributed by atoms with Crippen molar-refractivity contribution in [1.29, 1.82) is 0 Å². The van der Waals surface area contributed by atoms with E-state index < -0.39 is 0 Å². The average molecular weight is 305 g/mol. The topological polar surface area (TPSA) is 56.8 Å². The number of esters is 1. The maximum atomic E-state index is 11.5. The zero-order chi connectivity index (χ0) is 15.4. The van der Waals surface area contributed by atoms with Crippen molar-refractivity contribution < 1.29 is 19.0 Å². The third-order valence-corrected chi connectivity index (χ3v) is 4.46. The van der Waals surface area contributed by atoms with Crippen LogP contribution in [0.4, 0.5) is 0 Å². The minimum atomic E-state index is -0.0645. The summed E-state index contributed by atoms with van der Waals surface area (Å²) in [5, 5.41) is 3.57. The summed E-state index contributed by atoms with van der Waals surface area (Å²) < 4.78 is 16.0. The van der Waals surface area contributed by atoms with Crippen LogP contribution >= 0.6 is 0 Å². The highest BCUT2D eigenvalue weighted by atomic mass is 16.6. The van der Waals surface area contributed by atoms with E-state index in [2.05, 4.69) is 11.4 Å². The number of ether oxygens (including phenoxy) is 3. The molecule has 1 aromatic carbocycles. The Hall–Kier alpha value is -1.75. The lowest BCUT2D eigenvalue weighted by Crippen LogP contribution is -2.34. The summed E-state index contributed by atoms with van der Waals surface area (Å²) in [6.45, 7) is 2.04. The number of carbonyl (C=O) groups excluding carboxylic acids is 1. The molecule has 0 amide bonds. The number of hydrogen-bond acceptors (Lipinski definition) is 5. The van der Waals surface area contributed by atoms with Gasteiger partial charge in [0, 0.05) is 12.6 Å². The van der Waals surface area contributed by atoms with Gasteiger partial charge in [-0.1, -0.05) is 6.07 Å². The maximum absolute atomic E-state index is 11.5. The Morgan fingerprint density at radius 3 is 2.64 bits per heavy atom. The Kier molecular flexibility index (Phi) is 4.83. The summed E-state index contributed by atoms with van der Waals surface area (Å²) >= 11 is 0. The first-order valence-corrected chi connectivity index (χ1v) is 7.96. The Labute approximate surface area is 130 Å². The maximum Gasteiger partial charge on any atom is 0.308 e. The molecule has 1 aliphatic heterocycles. The molecular weight excluding hydrogens is 282 g/mol. The molecule has 0 unspecified atom stereocenters. The molecule has 0 radical (unpaired) electrons. The number of hydrogen-bond donors (Lipinski definition) is 1. The molecule has 22 heavy (non-hydrogen) atoms. The van der Waals surface area contributed by atoms with Crippen LogP contribution in [-0.4, -0.2) is 32.3 Å². The van der Waals surface area contributed by atoms with Crippen molar-refractivity contribution in [2.75, 3.05) is 20.3 Å². The van der Waals surface area contributed by atoms with Crippen molar-refractivity contribution in [3.8, 4) is 11.5 Å². The van der Waals surface area contributed by atoms with E-state index in [0.717, 1.165) is 43.7 Å². The molecule has 0 saturated heterocycles. The smallest absolute Gasteiger partial charge is 0.308 e. The van der Waals surface area contributed by atoms with Gasteiger partial charge >= 0.3 is 5.97 Å². The van der Waals surface area contributed by atoms with Gasteiger partial charge < -0.3 is 19.5 Å². The first-order valence-electron chi connectivity index (χ1n) is 7.96. The SMILES string of the molecule is COC(=O)C1CCC(NCc2ccc3c(c2)OCCO3)CC1. The zero-order valence-electron chi connectivity index (χ0n) is 13.0. The zero-order valence-corrected chi connectivity index (χ0v) is 13.0. The molecule has 2 aliphatic rings. The summed E-state index contributed by atoms with van der Waals surface area (Å²) in [4.78, 5) is 11.5. The molecule has 1 fully saturated rings. The van der Waals surface area contributed by atoms with Gasteiger partial charge in [0.2, 0.25) is 0 Å². The van der Waals surface area contributed by atoms with Gasteiger partial charge in [-0.2, -0.15) is 0 Å². The van der Waals surface area contributed by atoms with E-state index in [9.17, 15) is 4.79 Å². The van der Waals surface area contributed by atoms with Crippen LogP contribution in [0.5, 0.6) is 11.5 Å². The molecular formula is C17H23NO4. The molecule has 120 valence electrons. The first-order chi connectivity index (χ1) is 10.8. The highest BCUT2D eigenvalue weighted by molar-refractivity contribution is 5.72. The fraction of sp³-hybridized carbons (Fsp3) is 0.588. The molecule has 0 aromatic heterocycles. The summed E-state index contributed by atoms with van der Waals surface area (Å²) in [7, 11) is 1.47. The highest BCUT2D eigenvalue weighted by Crippen LogP contribution is 2.31. The van der Waals surface area contributed by atoms with E-state index in [0.29, 0.717) is 19.3 Å². The molecule has 0 atom stereocenters. The van der Waals surface area contributed by atoms with Crippen LogP contribution < -0.4 is 14.8 Å². The normalized spacial score (nSPS) is 23.9. The van der Waals surface area contributed by atoms with E-state index >= 15 is 0 Å². The second kappa shape index (κ2) is 7.01.